The molecule has 3 rings (SSSR count). The second-order valence-corrected chi connectivity index (χ2v) is 12.2. The van der Waals surface area contributed by atoms with E-state index in [1.165, 1.54) is 0 Å². The van der Waals surface area contributed by atoms with E-state index in [4.69, 9.17) is 35.4 Å². The van der Waals surface area contributed by atoms with Crippen molar-refractivity contribution in [2.75, 3.05) is 25.1 Å². The summed E-state index contributed by atoms with van der Waals surface area (Å²) in [5, 5.41) is 10.5. The lowest BCUT2D eigenvalue weighted by molar-refractivity contribution is -0.123. The summed E-state index contributed by atoms with van der Waals surface area (Å²) in [4.78, 5) is 15.3. The van der Waals surface area contributed by atoms with Crippen molar-refractivity contribution in [2.45, 2.75) is 38.0 Å². The van der Waals surface area contributed by atoms with E-state index in [-0.39, 0.29) is 24.1 Å². The van der Waals surface area contributed by atoms with Gasteiger partial charge >= 0.3 is 0 Å². The highest BCUT2D eigenvalue weighted by atomic mass is 35.5. The Morgan fingerprint density at radius 2 is 1.89 bits per heavy atom. The van der Waals surface area contributed by atoms with Gasteiger partial charge in [0.25, 0.3) is 0 Å². The van der Waals surface area contributed by atoms with E-state index in [9.17, 15) is 13.2 Å². The first-order valence-electron chi connectivity index (χ1n) is 11.3. The lowest BCUT2D eigenvalue weighted by Crippen LogP contribution is -2.52. The molecule has 0 unspecified atom stereocenters. The third-order valence-electron chi connectivity index (χ3n) is 5.70. The standard InChI is InChI=1S/C24H30Cl2N4O3S2/c1-35(32,33)12-10-22(29-24(34)27-14-17-5-3-2-4-6-17)23(31)28-19-9-11-30(16-19)15-18-7-8-20(25)21(26)13-18/h2-8,13,19,22H,9-12,14-16H2,1H3,(H,28,31)(H2,27,29,34)/t19-,22+/m1/s1. The molecule has 1 aliphatic rings. The summed E-state index contributed by atoms with van der Waals surface area (Å²) >= 11 is 17.5. The molecule has 3 N–H and O–H groups in total. The SMILES string of the molecule is CS(=O)(=O)CC[C@H](NC(=S)NCc1ccccc1)C(=O)N[C@@H]1CCN(Cc2ccc(Cl)c(Cl)c2)C1. The number of likely N-dealkylation sites (tertiary alicyclic amines) is 1. The first-order valence-corrected chi connectivity index (χ1v) is 14.5. The van der Waals surface area contributed by atoms with Crippen LogP contribution in [0.1, 0.15) is 24.0 Å². The van der Waals surface area contributed by atoms with E-state index in [1.54, 1.807) is 6.07 Å². The van der Waals surface area contributed by atoms with Crippen LogP contribution in [0.3, 0.4) is 0 Å². The Kier molecular flexibility index (Phi) is 10.2. The molecular weight excluding hydrogens is 527 g/mol. The molecule has 0 bridgehead atoms. The molecule has 1 fully saturated rings. The van der Waals surface area contributed by atoms with Crippen LogP contribution in [0.25, 0.3) is 0 Å². The molecule has 35 heavy (non-hydrogen) atoms. The zero-order valence-corrected chi connectivity index (χ0v) is 22.6. The molecule has 190 valence electrons. The molecule has 2 aromatic carbocycles. The van der Waals surface area contributed by atoms with Crippen LogP contribution >= 0.6 is 35.4 Å². The maximum absolute atomic E-state index is 13.1. The number of halogens is 2. The number of thiocarbonyl (C=S) groups is 1. The first-order chi connectivity index (χ1) is 16.6. The highest BCUT2D eigenvalue weighted by Gasteiger charge is 2.28. The number of rotatable bonds is 10. The number of carbonyl (C=O) groups excluding carboxylic acids is 1. The average molecular weight is 558 g/mol. The van der Waals surface area contributed by atoms with Gasteiger partial charge in [0, 0.05) is 38.5 Å². The van der Waals surface area contributed by atoms with Gasteiger partial charge in [0.2, 0.25) is 5.91 Å². The van der Waals surface area contributed by atoms with E-state index in [2.05, 4.69) is 20.9 Å². The number of carbonyl (C=O) groups is 1. The number of nitrogens with zero attached hydrogens (tertiary/aromatic N) is 1. The van der Waals surface area contributed by atoms with Gasteiger partial charge in [-0.25, -0.2) is 8.42 Å². The van der Waals surface area contributed by atoms with E-state index >= 15 is 0 Å². The van der Waals surface area contributed by atoms with Crippen LogP contribution in [0.2, 0.25) is 10.0 Å². The minimum absolute atomic E-state index is 0.0429. The molecule has 0 saturated carbocycles. The van der Waals surface area contributed by atoms with E-state index < -0.39 is 15.9 Å². The smallest absolute Gasteiger partial charge is 0.242 e. The normalized spacial score (nSPS) is 17.1. The molecule has 1 amide bonds. The summed E-state index contributed by atoms with van der Waals surface area (Å²) < 4.78 is 23.5. The van der Waals surface area contributed by atoms with Crippen molar-refractivity contribution in [3.63, 3.8) is 0 Å². The molecule has 0 aliphatic carbocycles. The van der Waals surface area contributed by atoms with Gasteiger partial charge in [0.15, 0.2) is 5.11 Å². The van der Waals surface area contributed by atoms with Crippen LogP contribution in [0.15, 0.2) is 48.5 Å². The van der Waals surface area contributed by atoms with Crippen LogP contribution in [-0.2, 0) is 27.7 Å². The molecule has 1 heterocycles. The zero-order chi connectivity index (χ0) is 25.4. The van der Waals surface area contributed by atoms with Crippen LogP contribution in [0, 0.1) is 0 Å². The van der Waals surface area contributed by atoms with Crippen LogP contribution in [0.5, 0.6) is 0 Å². The molecule has 0 spiro atoms. The van der Waals surface area contributed by atoms with E-state index in [1.807, 2.05) is 42.5 Å². The van der Waals surface area contributed by atoms with Gasteiger partial charge in [-0.2, -0.15) is 0 Å². The topological polar surface area (TPSA) is 90.5 Å². The minimum atomic E-state index is -3.23. The largest absolute Gasteiger partial charge is 0.359 e. The first kappa shape index (κ1) is 27.7. The number of hydrogen-bond donors (Lipinski definition) is 3. The number of sulfone groups is 1. The third-order valence-corrected chi connectivity index (χ3v) is 7.68. The molecule has 0 aromatic heterocycles. The molecule has 1 aliphatic heterocycles. The molecule has 0 radical (unpaired) electrons. The van der Waals surface area contributed by atoms with Gasteiger partial charge in [-0.1, -0.05) is 59.6 Å². The molecule has 2 aromatic rings. The number of hydrogen-bond acceptors (Lipinski definition) is 5. The lowest BCUT2D eigenvalue weighted by atomic mass is 10.2. The summed E-state index contributed by atoms with van der Waals surface area (Å²) in [5.41, 5.74) is 2.09. The Bertz CT molecular complexity index is 1130. The minimum Gasteiger partial charge on any atom is -0.359 e. The van der Waals surface area contributed by atoms with Gasteiger partial charge in [-0.05, 0) is 48.3 Å². The second-order valence-electron chi connectivity index (χ2n) is 8.76. The highest BCUT2D eigenvalue weighted by molar-refractivity contribution is 7.90. The third kappa shape index (κ3) is 9.57. The van der Waals surface area contributed by atoms with Crippen LogP contribution < -0.4 is 16.0 Å². The van der Waals surface area contributed by atoms with Gasteiger partial charge in [-0.3, -0.25) is 9.69 Å². The van der Waals surface area contributed by atoms with Crippen molar-refractivity contribution >= 4 is 56.3 Å². The average Bonchev–Trinajstić information content (AvgIpc) is 3.24. The Labute approximate surface area is 222 Å². The fourth-order valence-electron chi connectivity index (χ4n) is 3.88. The lowest BCUT2D eigenvalue weighted by Gasteiger charge is -2.23. The second kappa shape index (κ2) is 12.9. The van der Waals surface area contributed by atoms with Crippen LogP contribution in [-0.4, -0.2) is 61.5 Å². The van der Waals surface area contributed by atoms with Gasteiger partial charge in [-0.15, -0.1) is 0 Å². The molecule has 1 saturated heterocycles. The fourth-order valence-corrected chi connectivity index (χ4v) is 5.08. The summed E-state index contributed by atoms with van der Waals surface area (Å²) in [7, 11) is -3.23. The quantitative estimate of drug-likeness (QED) is 0.387. The van der Waals surface area contributed by atoms with Gasteiger partial charge in [0.05, 0.1) is 15.8 Å². The molecular formula is C24H30Cl2N4O3S2. The Balaban J connectivity index is 1.54. The van der Waals surface area contributed by atoms with Crippen LogP contribution in [0.4, 0.5) is 0 Å². The predicted molar refractivity (Wildman–Crippen MR) is 145 cm³/mol. The summed E-state index contributed by atoms with van der Waals surface area (Å²) in [6.45, 7) is 2.71. The number of amides is 1. The zero-order valence-electron chi connectivity index (χ0n) is 19.5. The van der Waals surface area contributed by atoms with Crippen molar-refractivity contribution in [3.8, 4) is 0 Å². The van der Waals surface area contributed by atoms with E-state index in [0.717, 1.165) is 30.3 Å². The monoisotopic (exact) mass is 556 g/mol. The highest BCUT2D eigenvalue weighted by Crippen LogP contribution is 2.24. The summed E-state index contributed by atoms with van der Waals surface area (Å²) in [6.07, 6.45) is 2.08. The van der Waals surface area contributed by atoms with Crippen molar-refractivity contribution < 1.29 is 13.2 Å². The predicted octanol–water partition coefficient (Wildman–Crippen LogP) is 3.15. The molecule has 11 heteroatoms. The van der Waals surface area contributed by atoms with E-state index in [0.29, 0.717) is 34.8 Å². The van der Waals surface area contributed by atoms with Gasteiger partial charge in [0.1, 0.15) is 15.9 Å². The Morgan fingerprint density at radius 3 is 2.57 bits per heavy atom. The Morgan fingerprint density at radius 1 is 1.14 bits per heavy atom. The van der Waals surface area contributed by atoms with Crippen molar-refractivity contribution in [3.05, 3.63) is 69.7 Å². The fraction of sp³-hybridized carbons (Fsp3) is 0.417. The molecule has 2 atom stereocenters. The number of nitrogens with one attached hydrogen (secondary N) is 3. The van der Waals surface area contributed by atoms with Crippen molar-refractivity contribution in [1.29, 1.82) is 0 Å². The van der Waals surface area contributed by atoms with Crippen molar-refractivity contribution in [2.24, 2.45) is 0 Å². The number of benzene rings is 2. The van der Waals surface area contributed by atoms with Gasteiger partial charge < -0.3 is 16.0 Å². The summed E-state index contributed by atoms with van der Waals surface area (Å²) in [5.74, 6) is -0.382. The maximum atomic E-state index is 13.1. The molecule has 7 nitrogen and oxygen atoms in total. The summed E-state index contributed by atoms with van der Waals surface area (Å²) in [6, 6.07) is 14.5. The maximum Gasteiger partial charge on any atom is 0.242 e. The van der Waals surface area contributed by atoms with Crippen molar-refractivity contribution in [1.82, 2.24) is 20.9 Å². The Hall–Kier alpha value is -1.91.